The molecular weight excluding hydrogens is 310 g/mol. The molecule has 0 spiro atoms. The Labute approximate surface area is 140 Å². The second-order valence-electron chi connectivity index (χ2n) is 6.05. The number of anilines is 1. The number of carbonyl (C=O) groups excluding carboxylic acids is 1. The van der Waals surface area contributed by atoms with E-state index in [2.05, 4.69) is 20.3 Å². The highest BCUT2D eigenvalue weighted by Crippen LogP contribution is 2.24. The molecule has 2 aromatic rings. The minimum Gasteiger partial charge on any atom is -0.349 e. The van der Waals surface area contributed by atoms with Gasteiger partial charge in [0.2, 0.25) is 5.91 Å². The zero-order valence-electron chi connectivity index (χ0n) is 13.9. The summed E-state index contributed by atoms with van der Waals surface area (Å²) in [5, 5.41) is 10.4. The van der Waals surface area contributed by atoms with Gasteiger partial charge in [-0.2, -0.15) is 5.10 Å². The molecule has 1 fully saturated rings. The van der Waals surface area contributed by atoms with Gasteiger partial charge in [0.05, 0.1) is 17.9 Å². The molecule has 1 aliphatic rings. The molecule has 1 saturated heterocycles. The van der Waals surface area contributed by atoms with E-state index in [4.69, 9.17) is 0 Å². The molecule has 7 heteroatoms. The zero-order chi connectivity index (χ0) is 16.4. The van der Waals surface area contributed by atoms with Gasteiger partial charge < -0.3 is 10.2 Å². The van der Waals surface area contributed by atoms with Crippen LogP contribution in [0.1, 0.15) is 35.5 Å². The van der Waals surface area contributed by atoms with E-state index in [0.717, 1.165) is 40.9 Å². The average molecular weight is 333 g/mol. The third-order valence-corrected chi connectivity index (χ3v) is 5.37. The van der Waals surface area contributed by atoms with Crippen LogP contribution < -0.4 is 10.2 Å². The minimum atomic E-state index is -0.0358. The summed E-state index contributed by atoms with van der Waals surface area (Å²) in [5.74, 6) is -0.0358. The van der Waals surface area contributed by atoms with Gasteiger partial charge in [-0.3, -0.25) is 9.48 Å². The molecule has 6 nitrogen and oxygen atoms in total. The predicted molar refractivity (Wildman–Crippen MR) is 91.8 cm³/mol. The Hall–Kier alpha value is -1.89. The van der Waals surface area contributed by atoms with Crippen LogP contribution in [0.3, 0.4) is 0 Å². The maximum atomic E-state index is 12.1. The van der Waals surface area contributed by atoms with E-state index in [1.807, 2.05) is 26.2 Å². The fourth-order valence-corrected chi connectivity index (χ4v) is 3.63. The highest BCUT2D eigenvalue weighted by Gasteiger charge is 2.16. The SMILES string of the molecule is Cc1nn(CC(=O)NCc2csc(N3CCCC3)n2)c(C)c1C. The summed E-state index contributed by atoms with van der Waals surface area (Å²) >= 11 is 1.66. The van der Waals surface area contributed by atoms with Crippen molar-refractivity contribution >= 4 is 22.4 Å². The van der Waals surface area contributed by atoms with Crippen LogP contribution in [0.5, 0.6) is 0 Å². The molecule has 1 aliphatic heterocycles. The van der Waals surface area contributed by atoms with Gasteiger partial charge in [-0.1, -0.05) is 0 Å². The third kappa shape index (κ3) is 3.55. The van der Waals surface area contributed by atoms with Crippen LogP contribution in [0.25, 0.3) is 0 Å². The number of aromatic nitrogens is 3. The number of aryl methyl sites for hydroxylation is 1. The van der Waals surface area contributed by atoms with Crippen molar-refractivity contribution in [2.75, 3.05) is 18.0 Å². The van der Waals surface area contributed by atoms with E-state index in [-0.39, 0.29) is 12.5 Å². The van der Waals surface area contributed by atoms with Crippen LogP contribution in [0.15, 0.2) is 5.38 Å². The van der Waals surface area contributed by atoms with Gasteiger partial charge in [0.1, 0.15) is 6.54 Å². The molecule has 1 N–H and O–H groups in total. The summed E-state index contributed by atoms with van der Waals surface area (Å²) in [6.07, 6.45) is 2.49. The monoisotopic (exact) mass is 333 g/mol. The topological polar surface area (TPSA) is 63.1 Å². The van der Waals surface area contributed by atoms with Gasteiger partial charge in [-0.25, -0.2) is 4.98 Å². The van der Waals surface area contributed by atoms with Gasteiger partial charge in [0.15, 0.2) is 5.13 Å². The number of nitrogens with one attached hydrogen (secondary N) is 1. The van der Waals surface area contributed by atoms with Crippen molar-refractivity contribution in [3.8, 4) is 0 Å². The lowest BCUT2D eigenvalue weighted by Gasteiger charge is -2.12. The average Bonchev–Trinajstić information content (AvgIpc) is 3.24. The number of hydrogen-bond acceptors (Lipinski definition) is 5. The number of rotatable bonds is 5. The van der Waals surface area contributed by atoms with E-state index in [1.165, 1.54) is 12.8 Å². The van der Waals surface area contributed by atoms with E-state index in [1.54, 1.807) is 16.0 Å². The van der Waals surface area contributed by atoms with Gasteiger partial charge in [-0.05, 0) is 39.2 Å². The highest BCUT2D eigenvalue weighted by atomic mass is 32.1. The number of carbonyl (C=O) groups is 1. The Kier molecular flexibility index (Phi) is 4.66. The van der Waals surface area contributed by atoms with Crippen molar-refractivity contribution in [3.05, 3.63) is 28.0 Å². The summed E-state index contributed by atoms with van der Waals surface area (Å²) in [6, 6.07) is 0. The van der Waals surface area contributed by atoms with Crippen LogP contribution in [0.2, 0.25) is 0 Å². The largest absolute Gasteiger partial charge is 0.349 e. The molecule has 3 heterocycles. The summed E-state index contributed by atoms with van der Waals surface area (Å²) in [6.45, 7) is 8.90. The molecule has 0 unspecified atom stereocenters. The Morgan fingerprint density at radius 3 is 2.70 bits per heavy atom. The van der Waals surface area contributed by atoms with Crippen LogP contribution in [-0.4, -0.2) is 33.8 Å². The number of nitrogens with zero attached hydrogens (tertiary/aromatic N) is 4. The summed E-state index contributed by atoms with van der Waals surface area (Å²) in [7, 11) is 0. The van der Waals surface area contributed by atoms with Crippen LogP contribution >= 0.6 is 11.3 Å². The first-order valence-electron chi connectivity index (χ1n) is 8.01. The third-order valence-electron chi connectivity index (χ3n) is 4.42. The second-order valence-corrected chi connectivity index (χ2v) is 6.88. The van der Waals surface area contributed by atoms with Crippen LogP contribution in [0.4, 0.5) is 5.13 Å². The first-order chi connectivity index (χ1) is 11.0. The zero-order valence-corrected chi connectivity index (χ0v) is 14.7. The van der Waals surface area contributed by atoms with Crippen molar-refractivity contribution in [1.29, 1.82) is 0 Å². The first-order valence-corrected chi connectivity index (χ1v) is 8.89. The number of thiazole rings is 1. The maximum absolute atomic E-state index is 12.1. The van der Waals surface area contributed by atoms with E-state index >= 15 is 0 Å². The standard InChI is InChI=1S/C16H23N5OS/c1-11-12(2)19-21(13(11)3)9-15(22)17-8-14-10-23-16(18-14)20-6-4-5-7-20/h10H,4-9H2,1-3H3,(H,17,22). The molecule has 3 rings (SSSR count). The molecule has 23 heavy (non-hydrogen) atoms. The molecule has 1 amide bonds. The lowest BCUT2D eigenvalue weighted by Crippen LogP contribution is -2.28. The Balaban J connectivity index is 1.53. The summed E-state index contributed by atoms with van der Waals surface area (Å²) in [5.41, 5.74) is 4.09. The lowest BCUT2D eigenvalue weighted by molar-refractivity contribution is -0.122. The second kappa shape index (κ2) is 6.70. The van der Waals surface area contributed by atoms with E-state index in [9.17, 15) is 4.79 Å². The number of amides is 1. The van der Waals surface area contributed by atoms with Crippen molar-refractivity contribution in [2.24, 2.45) is 0 Å². The molecule has 0 aliphatic carbocycles. The minimum absolute atomic E-state index is 0.0358. The molecule has 0 atom stereocenters. The van der Waals surface area contributed by atoms with Crippen molar-refractivity contribution in [3.63, 3.8) is 0 Å². The van der Waals surface area contributed by atoms with Crippen LogP contribution in [-0.2, 0) is 17.9 Å². The number of hydrogen-bond donors (Lipinski definition) is 1. The molecule has 0 saturated carbocycles. The fraction of sp³-hybridized carbons (Fsp3) is 0.562. The van der Waals surface area contributed by atoms with Crippen molar-refractivity contribution in [2.45, 2.75) is 46.7 Å². The van der Waals surface area contributed by atoms with Gasteiger partial charge in [0, 0.05) is 24.2 Å². The first kappa shape index (κ1) is 16.0. The van der Waals surface area contributed by atoms with Gasteiger partial charge in [0.25, 0.3) is 0 Å². The quantitative estimate of drug-likeness (QED) is 0.911. The Bertz CT molecular complexity index is 699. The highest BCUT2D eigenvalue weighted by molar-refractivity contribution is 7.13. The smallest absolute Gasteiger partial charge is 0.242 e. The summed E-state index contributed by atoms with van der Waals surface area (Å²) < 4.78 is 1.76. The van der Waals surface area contributed by atoms with Gasteiger partial charge in [-0.15, -0.1) is 11.3 Å². The molecule has 124 valence electrons. The van der Waals surface area contributed by atoms with E-state index < -0.39 is 0 Å². The normalized spacial score (nSPS) is 14.5. The maximum Gasteiger partial charge on any atom is 0.242 e. The van der Waals surface area contributed by atoms with E-state index in [0.29, 0.717) is 6.54 Å². The van der Waals surface area contributed by atoms with Crippen molar-refractivity contribution < 1.29 is 4.79 Å². The van der Waals surface area contributed by atoms with Crippen LogP contribution in [0, 0.1) is 20.8 Å². The van der Waals surface area contributed by atoms with Crippen molar-refractivity contribution in [1.82, 2.24) is 20.1 Å². The molecule has 0 radical (unpaired) electrons. The molecule has 0 bridgehead atoms. The fourth-order valence-electron chi connectivity index (χ4n) is 2.75. The molecular formula is C16H23N5OS. The predicted octanol–water partition coefficient (Wildman–Crippen LogP) is 2.18. The molecule has 0 aromatic carbocycles. The Morgan fingerprint density at radius 1 is 1.30 bits per heavy atom. The molecule has 2 aromatic heterocycles. The lowest BCUT2D eigenvalue weighted by atomic mass is 10.2. The summed E-state index contributed by atoms with van der Waals surface area (Å²) in [4.78, 5) is 19.0. The van der Waals surface area contributed by atoms with Gasteiger partial charge >= 0.3 is 0 Å². The Morgan fingerprint density at radius 2 is 2.04 bits per heavy atom.